The van der Waals surface area contributed by atoms with E-state index in [9.17, 15) is 13.2 Å². The molecule has 1 aromatic heterocycles. The summed E-state index contributed by atoms with van der Waals surface area (Å²) >= 11 is 0. The molecule has 0 saturated carbocycles. The van der Waals surface area contributed by atoms with Gasteiger partial charge in [-0.1, -0.05) is 17.7 Å². The predicted molar refractivity (Wildman–Crippen MR) is 108 cm³/mol. The summed E-state index contributed by atoms with van der Waals surface area (Å²) in [5.41, 5.74) is 10.5. The number of aromatic amines is 1. The van der Waals surface area contributed by atoms with Crippen LogP contribution in [0, 0.1) is 6.92 Å². The molecule has 148 valence electrons. The first kappa shape index (κ1) is 20.1. The number of benzene rings is 2. The number of aryl methyl sites for hydroxylation is 1. The summed E-state index contributed by atoms with van der Waals surface area (Å²) in [5, 5.41) is 4.47. The van der Waals surface area contributed by atoms with E-state index >= 15 is 0 Å². The predicted octanol–water partition coefficient (Wildman–Crippen LogP) is 2.20. The number of primary amides is 1. The maximum Gasteiger partial charge on any atom is 0.294 e. The maximum absolute atomic E-state index is 11.5. The third kappa shape index (κ3) is 4.09. The summed E-state index contributed by atoms with van der Waals surface area (Å²) in [6, 6.07) is 10.1. The second-order valence-corrected chi connectivity index (χ2v) is 8.30. The van der Waals surface area contributed by atoms with Crippen molar-refractivity contribution in [3.8, 4) is 0 Å². The van der Waals surface area contributed by atoms with E-state index < -0.39 is 10.1 Å². The Kier molecular flexibility index (Phi) is 5.55. The quantitative estimate of drug-likeness (QED) is 0.501. The first-order valence-corrected chi connectivity index (χ1v) is 10.3. The minimum Gasteiger partial charge on any atom is -0.366 e. The van der Waals surface area contributed by atoms with Gasteiger partial charge in [0.2, 0.25) is 5.91 Å². The van der Waals surface area contributed by atoms with E-state index in [-0.39, 0.29) is 10.8 Å². The zero-order valence-electron chi connectivity index (χ0n) is 15.7. The number of rotatable bonds is 3. The Bertz CT molecular complexity index is 1120. The average molecular weight is 401 g/mol. The Morgan fingerprint density at radius 3 is 2.43 bits per heavy atom. The van der Waals surface area contributed by atoms with Crippen LogP contribution in [0.4, 0.5) is 0 Å². The monoisotopic (exact) mass is 401 g/mol. The zero-order chi connectivity index (χ0) is 20.5. The summed E-state index contributed by atoms with van der Waals surface area (Å²) in [4.78, 5) is 14.7. The van der Waals surface area contributed by atoms with Crippen LogP contribution in [0.25, 0.3) is 10.9 Å². The minimum atomic E-state index is -4.02. The normalized spacial score (nSPS) is 15.8. The number of aromatic nitrogens is 1. The Hall–Kier alpha value is -2.68. The van der Waals surface area contributed by atoms with Crippen molar-refractivity contribution in [2.24, 2.45) is 5.73 Å². The second-order valence-electron chi connectivity index (χ2n) is 6.87. The number of hydrogen-bond donors (Lipinski definition) is 4. The molecule has 1 heterocycles. The molecule has 5 N–H and O–H groups in total. The van der Waals surface area contributed by atoms with Gasteiger partial charge in [-0.2, -0.15) is 8.42 Å². The van der Waals surface area contributed by atoms with Crippen molar-refractivity contribution in [1.29, 1.82) is 0 Å². The Labute approximate surface area is 163 Å². The van der Waals surface area contributed by atoms with Crippen molar-refractivity contribution < 1.29 is 17.8 Å². The fraction of sp³-hybridized carbons (Fsp3) is 0.250. The third-order valence-electron chi connectivity index (χ3n) is 4.95. The van der Waals surface area contributed by atoms with E-state index in [1.165, 1.54) is 23.1 Å². The van der Waals surface area contributed by atoms with Crippen molar-refractivity contribution >= 4 is 26.9 Å². The highest BCUT2D eigenvalue weighted by Gasteiger charge is 2.24. The van der Waals surface area contributed by atoms with Crippen molar-refractivity contribution in [1.82, 2.24) is 10.3 Å². The SMILES string of the molecule is CNC1Cc2c[nH]c3ccc(C(N)=O)c(c23)C1.Cc1ccc(S(=O)(=O)O)cc1. The fourth-order valence-electron chi connectivity index (χ4n) is 3.47. The Morgan fingerprint density at radius 2 is 1.86 bits per heavy atom. The molecule has 2 aromatic carbocycles. The van der Waals surface area contributed by atoms with E-state index in [0.29, 0.717) is 11.6 Å². The van der Waals surface area contributed by atoms with Crippen molar-refractivity contribution in [2.75, 3.05) is 7.05 Å². The Morgan fingerprint density at radius 1 is 1.18 bits per heavy atom. The van der Waals surface area contributed by atoms with E-state index in [1.807, 2.05) is 32.3 Å². The van der Waals surface area contributed by atoms with Gasteiger partial charge < -0.3 is 16.0 Å². The number of hydrogen-bond acceptors (Lipinski definition) is 4. The van der Waals surface area contributed by atoms with E-state index in [1.54, 1.807) is 12.1 Å². The first-order chi connectivity index (χ1) is 13.2. The molecule has 0 saturated heterocycles. The molecule has 1 unspecified atom stereocenters. The lowest BCUT2D eigenvalue weighted by molar-refractivity contribution is 0.0999. The minimum absolute atomic E-state index is 0.0666. The molecule has 1 atom stereocenters. The summed E-state index contributed by atoms with van der Waals surface area (Å²) in [5.74, 6) is -0.342. The van der Waals surface area contributed by atoms with Gasteiger partial charge >= 0.3 is 0 Å². The lowest BCUT2D eigenvalue weighted by atomic mass is 9.86. The summed E-state index contributed by atoms with van der Waals surface area (Å²) in [6.07, 6.45) is 3.88. The lowest BCUT2D eigenvalue weighted by Gasteiger charge is -2.23. The molecule has 0 spiro atoms. The van der Waals surface area contributed by atoms with Gasteiger partial charge in [0.1, 0.15) is 0 Å². The summed E-state index contributed by atoms with van der Waals surface area (Å²) in [6.45, 7) is 1.84. The van der Waals surface area contributed by atoms with Crippen LogP contribution in [-0.2, 0) is 23.0 Å². The topological polar surface area (TPSA) is 125 Å². The number of amides is 1. The molecule has 0 fully saturated rings. The van der Waals surface area contributed by atoms with Crippen LogP contribution in [0.5, 0.6) is 0 Å². The van der Waals surface area contributed by atoms with Crippen molar-refractivity contribution in [2.45, 2.75) is 30.7 Å². The first-order valence-electron chi connectivity index (χ1n) is 8.83. The molecule has 4 rings (SSSR count). The highest BCUT2D eigenvalue weighted by molar-refractivity contribution is 7.85. The van der Waals surface area contributed by atoms with Crippen LogP contribution in [0.1, 0.15) is 27.0 Å². The van der Waals surface area contributed by atoms with Gasteiger partial charge in [-0.3, -0.25) is 9.35 Å². The van der Waals surface area contributed by atoms with Gasteiger partial charge in [-0.05, 0) is 62.2 Å². The zero-order valence-corrected chi connectivity index (χ0v) is 16.5. The smallest absolute Gasteiger partial charge is 0.294 e. The molecular weight excluding hydrogens is 378 g/mol. The highest BCUT2D eigenvalue weighted by Crippen LogP contribution is 2.31. The second kappa shape index (κ2) is 7.75. The maximum atomic E-state index is 11.5. The average Bonchev–Trinajstić information content (AvgIpc) is 3.06. The van der Waals surface area contributed by atoms with Crippen molar-refractivity contribution in [3.05, 3.63) is 64.8 Å². The fourth-order valence-corrected chi connectivity index (χ4v) is 3.95. The number of nitrogens with one attached hydrogen (secondary N) is 2. The molecular formula is C20H23N3O4S. The molecule has 1 amide bonds. The van der Waals surface area contributed by atoms with Gasteiger partial charge in [0, 0.05) is 28.7 Å². The highest BCUT2D eigenvalue weighted by atomic mass is 32.2. The summed E-state index contributed by atoms with van der Waals surface area (Å²) < 4.78 is 29.6. The molecule has 8 heteroatoms. The number of nitrogens with two attached hydrogens (primary N) is 1. The van der Waals surface area contributed by atoms with Crippen LogP contribution in [0.15, 0.2) is 47.5 Å². The van der Waals surface area contributed by atoms with Crippen LogP contribution in [0.3, 0.4) is 0 Å². The molecule has 28 heavy (non-hydrogen) atoms. The van der Waals surface area contributed by atoms with E-state index in [4.69, 9.17) is 10.3 Å². The molecule has 0 aliphatic heterocycles. The van der Waals surface area contributed by atoms with Gasteiger partial charge in [0.15, 0.2) is 0 Å². The number of H-pyrrole nitrogens is 1. The standard InChI is InChI=1S/C13H15N3O.C7H8O3S/c1-15-8-4-7-6-16-11-3-2-9(13(14)17)10(5-8)12(7)11;1-6-2-4-7(5-3-6)11(8,9)10/h2-3,6,8,15-16H,4-5H2,1H3,(H2,14,17);2-5H,1H3,(H,8,9,10). The van der Waals surface area contributed by atoms with Crippen LogP contribution < -0.4 is 11.1 Å². The number of carbonyl (C=O) groups excluding carboxylic acids is 1. The molecule has 3 aromatic rings. The van der Waals surface area contributed by atoms with Gasteiger partial charge in [0.25, 0.3) is 10.1 Å². The third-order valence-corrected chi connectivity index (χ3v) is 5.81. The molecule has 0 bridgehead atoms. The molecule has 0 radical (unpaired) electrons. The number of likely N-dealkylation sites (N-methyl/N-ethyl adjacent to an activating group) is 1. The number of carbonyl (C=O) groups is 1. The van der Waals surface area contributed by atoms with Gasteiger partial charge in [-0.25, -0.2) is 0 Å². The summed E-state index contributed by atoms with van der Waals surface area (Å²) in [7, 11) is -2.07. The molecule has 1 aliphatic rings. The van der Waals surface area contributed by atoms with Crippen LogP contribution in [0.2, 0.25) is 0 Å². The van der Waals surface area contributed by atoms with E-state index in [2.05, 4.69) is 10.3 Å². The van der Waals surface area contributed by atoms with E-state index in [0.717, 1.165) is 29.5 Å². The van der Waals surface area contributed by atoms with Gasteiger partial charge in [-0.15, -0.1) is 0 Å². The van der Waals surface area contributed by atoms with Crippen LogP contribution in [-0.4, -0.2) is 37.0 Å². The Balaban J connectivity index is 0.000000178. The lowest BCUT2D eigenvalue weighted by Crippen LogP contribution is -2.33. The molecule has 7 nitrogen and oxygen atoms in total. The largest absolute Gasteiger partial charge is 0.366 e. The molecule has 1 aliphatic carbocycles. The van der Waals surface area contributed by atoms with Crippen LogP contribution >= 0.6 is 0 Å². The van der Waals surface area contributed by atoms with Crippen molar-refractivity contribution in [3.63, 3.8) is 0 Å². The van der Waals surface area contributed by atoms with Gasteiger partial charge in [0.05, 0.1) is 4.90 Å².